The average molecular weight is 404 g/mol. The van der Waals surface area contributed by atoms with Crippen LogP contribution in [0.3, 0.4) is 0 Å². The summed E-state index contributed by atoms with van der Waals surface area (Å²) in [5.41, 5.74) is 2.72. The first kappa shape index (κ1) is 19.8. The van der Waals surface area contributed by atoms with E-state index in [1.165, 1.54) is 45.6 Å². The van der Waals surface area contributed by atoms with E-state index in [0.29, 0.717) is 41.6 Å². The average Bonchev–Trinajstić information content (AvgIpc) is 3.36. The summed E-state index contributed by atoms with van der Waals surface area (Å²) >= 11 is 6.49. The first-order chi connectivity index (χ1) is 13.5. The van der Waals surface area contributed by atoms with Gasteiger partial charge >= 0.3 is 5.97 Å². The van der Waals surface area contributed by atoms with E-state index in [0.717, 1.165) is 24.1 Å². The molecule has 4 nitrogen and oxygen atoms in total. The van der Waals surface area contributed by atoms with E-state index in [1.54, 1.807) is 0 Å². The van der Waals surface area contributed by atoms with Crippen LogP contribution >= 0.6 is 11.6 Å². The Morgan fingerprint density at radius 3 is 2.61 bits per heavy atom. The quantitative estimate of drug-likeness (QED) is 0.654. The number of aryl methyl sites for hydroxylation is 1. The highest BCUT2D eigenvalue weighted by molar-refractivity contribution is 6.31. The Labute approximate surface area is 172 Å². The summed E-state index contributed by atoms with van der Waals surface area (Å²) in [6, 6.07) is 6.41. The van der Waals surface area contributed by atoms with Crippen LogP contribution in [0.1, 0.15) is 62.5 Å². The van der Waals surface area contributed by atoms with Gasteiger partial charge in [0.2, 0.25) is 5.91 Å². The number of carbonyl (C=O) groups is 2. The van der Waals surface area contributed by atoms with Gasteiger partial charge < -0.3 is 9.64 Å². The number of benzene rings is 1. The summed E-state index contributed by atoms with van der Waals surface area (Å²) in [4.78, 5) is 26.5. The maximum absolute atomic E-state index is 13.0. The van der Waals surface area contributed by atoms with E-state index in [1.807, 2.05) is 18.2 Å². The predicted molar refractivity (Wildman–Crippen MR) is 109 cm³/mol. The van der Waals surface area contributed by atoms with Gasteiger partial charge in [0.25, 0.3) is 0 Å². The molecule has 3 fully saturated rings. The predicted octanol–water partition coefficient (Wildman–Crippen LogP) is 4.56. The van der Waals surface area contributed by atoms with E-state index < -0.39 is 0 Å². The van der Waals surface area contributed by atoms with Crippen molar-refractivity contribution in [2.24, 2.45) is 11.3 Å². The minimum Gasteiger partial charge on any atom is -0.469 e. The normalized spacial score (nSPS) is 24.0. The van der Waals surface area contributed by atoms with Crippen LogP contribution in [0.25, 0.3) is 0 Å². The highest BCUT2D eigenvalue weighted by Crippen LogP contribution is 2.56. The second kappa shape index (κ2) is 8.06. The van der Waals surface area contributed by atoms with E-state index >= 15 is 0 Å². The number of carbonyl (C=O) groups excluding carboxylic acids is 2. The number of rotatable bonds is 6. The number of nitrogens with zero attached hydrogens (tertiary/aromatic N) is 1. The maximum Gasteiger partial charge on any atom is 0.305 e. The third kappa shape index (κ3) is 4.22. The van der Waals surface area contributed by atoms with Gasteiger partial charge in [-0.2, -0.15) is 0 Å². The Kier molecular flexibility index (Phi) is 5.69. The second-order valence-electron chi connectivity index (χ2n) is 8.95. The number of likely N-dealkylation sites (tertiary alicyclic amines) is 1. The Morgan fingerprint density at radius 1 is 1.21 bits per heavy atom. The van der Waals surface area contributed by atoms with Crippen molar-refractivity contribution in [2.75, 3.05) is 13.7 Å². The van der Waals surface area contributed by atoms with Crippen LogP contribution in [0.5, 0.6) is 0 Å². The number of esters is 1. The van der Waals surface area contributed by atoms with Crippen LogP contribution in [-0.4, -0.2) is 36.5 Å². The molecule has 0 radical (unpaired) electrons. The largest absolute Gasteiger partial charge is 0.469 e. The lowest BCUT2D eigenvalue weighted by molar-refractivity contribution is -0.140. The molecule has 0 aromatic heterocycles. The van der Waals surface area contributed by atoms with Crippen molar-refractivity contribution in [2.45, 2.75) is 70.3 Å². The van der Waals surface area contributed by atoms with Crippen molar-refractivity contribution in [3.63, 3.8) is 0 Å². The second-order valence-corrected chi connectivity index (χ2v) is 9.36. The van der Waals surface area contributed by atoms with Gasteiger partial charge in [0.05, 0.1) is 7.11 Å². The molecule has 2 aliphatic carbocycles. The van der Waals surface area contributed by atoms with Crippen LogP contribution in [0, 0.1) is 11.3 Å². The molecule has 5 heteroatoms. The number of methoxy groups -OCH3 is 1. The monoisotopic (exact) mass is 403 g/mol. The molecule has 1 spiro atoms. The fourth-order valence-corrected chi connectivity index (χ4v) is 5.32. The summed E-state index contributed by atoms with van der Waals surface area (Å²) in [6.45, 7) is 0.899. The maximum atomic E-state index is 13.0. The Hall–Kier alpha value is -1.55. The molecule has 0 bridgehead atoms. The number of amides is 1. The zero-order valence-electron chi connectivity index (χ0n) is 16.7. The lowest BCUT2D eigenvalue weighted by atomic mass is 9.83. The molecule has 152 valence electrons. The number of hydrogen-bond acceptors (Lipinski definition) is 3. The minimum absolute atomic E-state index is 0.0511. The highest BCUT2D eigenvalue weighted by atomic mass is 35.5. The summed E-state index contributed by atoms with van der Waals surface area (Å²) in [6.07, 6.45) is 10.4. The van der Waals surface area contributed by atoms with Gasteiger partial charge in [-0.05, 0) is 80.4 Å². The Morgan fingerprint density at radius 2 is 1.96 bits per heavy atom. The zero-order chi connectivity index (χ0) is 19.7. The topological polar surface area (TPSA) is 46.6 Å². The van der Waals surface area contributed by atoms with E-state index in [-0.39, 0.29) is 11.9 Å². The molecule has 1 atom stereocenters. The molecular formula is C23H30ClNO3. The van der Waals surface area contributed by atoms with Crippen molar-refractivity contribution in [3.8, 4) is 0 Å². The van der Waals surface area contributed by atoms with Crippen LogP contribution in [0.15, 0.2) is 18.2 Å². The van der Waals surface area contributed by atoms with Gasteiger partial charge in [0, 0.05) is 29.9 Å². The minimum atomic E-state index is -0.216. The zero-order valence-corrected chi connectivity index (χ0v) is 17.5. The van der Waals surface area contributed by atoms with Crippen LogP contribution in [-0.2, 0) is 27.2 Å². The summed E-state index contributed by atoms with van der Waals surface area (Å²) in [5.74, 6) is 0.157. The summed E-state index contributed by atoms with van der Waals surface area (Å²) < 4.78 is 4.69. The molecule has 2 saturated carbocycles. The lowest BCUT2D eigenvalue weighted by Crippen LogP contribution is -2.40. The van der Waals surface area contributed by atoms with Crippen molar-refractivity contribution in [1.29, 1.82) is 0 Å². The third-order valence-electron chi connectivity index (χ3n) is 7.19. The van der Waals surface area contributed by atoms with E-state index in [2.05, 4.69) is 9.64 Å². The third-order valence-corrected chi connectivity index (χ3v) is 7.55. The van der Waals surface area contributed by atoms with Crippen LogP contribution in [0.2, 0.25) is 5.02 Å². The van der Waals surface area contributed by atoms with Gasteiger partial charge in [0.15, 0.2) is 0 Å². The fourth-order valence-electron chi connectivity index (χ4n) is 5.04. The molecule has 1 amide bonds. The van der Waals surface area contributed by atoms with Crippen molar-refractivity contribution >= 4 is 23.5 Å². The van der Waals surface area contributed by atoms with Crippen molar-refractivity contribution in [1.82, 2.24) is 4.90 Å². The van der Waals surface area contributed by atoms with Crippen LogP contribution in [0.4, 0.5) is 0 Å². The lowest BCUT2D eigenvalue weighted by Gasteiger charge is -2.35. The van der Waals surface area contributed by atoms with Crippen LogP contribution < -0.4 is 0 Å². The molecule has 0 N–H and O–H groups in total. The van der Waals surface area contributed by atoms with Gasteiger partial charge in [-0.25, -0.2) is 0 Å². The van der Waals surface area contributed by atoms with Gasteiger partial charge in [-0.1, -0.05) is 23.7 Å². The smallest absolute Gasteiger partial charge is 0.305 e. The molecule has 1 aliphatic heterocycles. The highest BCUT2D eigenvalue weighted by Gasteiger charge is 2.47. The van der Waals surface area contributed by atoms with Crippen molar-refractivity contribution in [3.05, 3.63) is 34.3 Å². The SMILES string of the molecule is COC(=O)CCc1ccc(CC2CCN(C3CCC4(CC3)CC4)C2=O)c(Cl)c1. The number of ether oxygens (including phenoxy) is 1. The van der Waals surface area contributed by atoms with Gasteiger partial charge in [-0.15, -0.1) is 0 Å². The van der Waals surface area contributed by atoms with Crippen molar-refractivity contribution < 1.29 is 14.3 Å². The molecular weight excluding hydrogens is 374 g/mol. The molecule has 4 rings (SSSR count). The molecule has 28 heavy (non-hydrogen) atoms. The molecule has 1 unspecified atom stereocenters. The molecule has 1 saturated heterocycles. The van der Waals surface area contributed by atoms with Gasteiger partial charge in [0.1, 0.15) is 0 Å². The summed E-state index contributed by atoms with van der Waals surface area (Å²) in [7, 11) is 1.40. The summed E-state index contributed by atoms with van der Waals surface area (Å²) in [5, 5.41) is 0.696. The standard InChI is InChI=1S/C23H30ClNO3/c1-28-21(26)5-3-16-2-4-17(20(24)14-16)15-18-8-13-25(22(18)27)19-6-9-23(10-7-19)11-12-23/h2,4,14,18-19H,3,5-13,15H2,1H3. The molecule has 1 heterocycles. The Balaban J connectivity index is 1.33. The molecule has 1 aromatic rings. The fraction of sp³-hybridized carbons (Fsp3) is 0.652. The molecule has 3 aliphatic rings. The van der Waals surface area contributed by atoms with E-state index in [9.17, 15) is 9.59 Å². The van der Waals surface area contributed by atoms with Gasteiger partial charge in [-0.3, -0.25) is 9.59 Å². The number of hydrogen-bond donors (Lipinski definition) is 0. The van der Waals surface area contributed by atoms with E-state index in [4.69, 9.17) is 11.6 Å². The number of halogens is 1. The Bertz CT molecular complexity index is 748. The first-order valence-electron chi connectivity index (χ1n) is 10.6. The first-order valence-corrected chi connectivity index (χ1v) is 11.0. The molecule has 1 aromatic carbocycles.